The van der Waals surface area contributed by atoms with Gasteiger partial charge in [0.15, 0.2) is 0 Å². The summed E-state index contributed by atoms with van der Waals surface area (Å²) >= 11 is 0. The third-order valence-electron chi connectivity index (χ3n) is 0.777. The van der Waals surface area contributed by atoms with Crippen molar-refractivity contribution in [2.75, 3.05) is 13.2 Å². The topological polar surface area (TPSA) is 35.2 Å². The fraction of sp³-hybridized carbons (Fsp3) is 0.833. The van der Waals surface area contributed by atoms with E-state index >= 15 is 0 Å². The molecule has 49 valence electrons. The van der Waals surface area contributed by atoms with Crippen LogP contribution < -0.4 is 5.73 Å². The maximum Gasteiger partial charge on any atom is 0.0481 e. The lowest BCUT2D eigenvalue weighted by atomic mass is 10.4. The van der Waals surface area contributed by atoms with Crippen molar-refractivity contribution in [3.05, 3.63) is 6.54 Å². The summed E-state index contributed by atoms with van der Waals surface area (Å²) in [7, 11) is 0. The average molecular weight is 116 g/mol. The van der Waals surface area contributed by atoms with Gasteiger partial charge in [0.05, 0.1) is 0 Å². The summed E-state index contributed by atoms with van der Waals surface area (Å²) in [5.41, 5.74) is 5.11. The molecule has 0 bridgehead atoms. The molecule has 0 fully saturated rings. The van der Waals surface area contributed by atoms with Gasteiger partial charge in [-0.3, -0.25) is 0 Å². The maximum atomic E-state index is 5.11. The molecule has 0 spiro atoms. The van der Waals surface area contributed by atoms with Gasteiger partial charge < -0.3 is 10.5 Å². The molecule has 0 unspecified atom stereocenters. The van der Waals surface area contributed by atoms with Gasteiger partial charge in [-0.2, -0.15) is 0 Å². The molecule has 0 amide bonds. The van der Waals surface area contributed by atoms with E-state index in [1.807, 2.05) is 0 Å². The molecule has 0 atom stereocenters. The Bertz CT molecular complexity index is 33.5. The monoisotopic (exact) mass is 116 g/mol. The first-order valence-electron chi connectivity index (χ1n) is 3.03. The second-order valence-electron chi connectivity index (χ2n) is 1.64. The Kier molecular flexibility index (Phi) is 6.85. The van der Waals surface area contributed by atoms with E-state index in [2.05, 4.69) is 6.92 Å². The molecule has 0 saturated carbocycles. The van der Waals surface area contributed by atoms with Crippen molar-refractivity contribution in [3.8, 4) is 0 Å². The van der Waals surface area contributed by atoms with Gasteiger partial charge in [-0.05, 0) is 12.8 Å². The third kappa shape index (κ3) is 5.92. The van der Waals surface area contributed by atoms with Crippen molar-refractivity contribution in [1.29, 1.82) is 0 Å². The van der Waals surface area contributed by atoms with Gasteiger partial charge in [0, 0.05) is 19.8 Å². The van der Waals surface area contributed by atoms with E-state index in [0.29, 0.717) is 0 Å². The molecule has 0 aliphatic rings. The summed E-state index contributed by atoms with van der Waals surface area (Å²) in [5, 5.41) is 0. The summed E-state index contributed by atoms with van der Waals surface area (Å²) in [6.45, 7) is 5.33. The van der Waals surface area contributed by atoms with E-state index in [4.69, 9.17) is 10.5 Å². The van der Waals surface area contributed by atoms with Crippen LogP contribution in [-0.2, 0) is 4.74 Å². The van der Waals surface area contributed by atoms with Crippen LogP contribution in [0.2, 0.25) is 0 Å². The van der Waals surface area contributed by atoms with Crippen LogP contribution in [0.15, 0.2) is 0 Å². The van der Waals surface area contributed by atoms with Crippen LogP contribution in [0.4, 0.5) is 0 Å². The maximum absolute atomic E-state index is 5.11. The van der Waals surface area contributed by atoms with E-state index in [1.165, 1.54) is 0 Å². The lowest BCUT2D eigenvalue weighted by Gasteiger charge is -1.97. The molecule has 0 aromatic carbocycles. The number of hydrogen-bond acceptors (Lipinski definition) is 2. The fourth-order valence-corrected chi connectivity index (χ4v) is 0.398. The molecule has 0 saturated heterocycles. The Morgan fingerprint density at radius 2 is 2.25 bits per heavy atom. The molecule has 0 aromatic rings. The normalized spacial score (nSPS) is 9.75. The van der Waals surface area contributed by atoms with Crippen LogP contribution in [0.25, 0.3) is 0 Å². The summed E-state index contributed by atoms with van der Waals surface area (Å²) < 4.78 is 5.11. The van der Waals surface area contributed by atoms with Crippen molar-refractivity contribution >= 4 is 0 Å². The zero-order valence-corrected chi connectivity index (χ0v) is 5.39. The van der Waals surface area contributed by atoms with Crippen LogP contribution in [0, 0.1) is 6.54 Å². The lowest BCUT2D eigenvalue weighted by Crippen LogP contribution is -1.99. The number of rotatable bonds is 5. The highest BCUT2D eigenvalue weighted by atomic mass is 16.5. The molecule has 8 heavy (non-hydrogen) atoms. The largest absolute Gasteiger partial charge is 0.381 e. The molecule has 0 aliphatic heterocycles. The molecular weight excluding hydrogens is 102 g/mol. The number of nitrogens with two attached hydrogens (primary N) is 1. The van der Waals surface area contributed by atoms with E-state index in [0.717, 1.165) is 26.1 Å². The highest BCUT2D eigenvalue weighted by molar-refractivity contribution is 4.50. The van der Waals surface area contributed by atoms with Gasteiger partial charge in [0.1, 0.15) is 0 Å². The van der Waals surface area contributed by atoms with Crippen molar-refractivity contribution in [2.24, 2.45) is 5.73 Å². The minimum atomic E-state index is 0.768. The predicted octanol–water partition coefficient (Wildman–Crippen LogP) is 0.924. The van der Waals surface area contributed by atoms with Gasteiger partial charge in [-0.1, -0.05) is 6.92 Å². The quantitative estimate of drug-likeness (QED) is 0.542. The van der Waals surface area contributed by atoms with E-state index in [1.54, 1.807) is 6.54 Å². The summed E-state index contributed by atoms with van der Waals surface area (Å²) in [6, 6.07) is 0. The molecule has 0 rings (SSSR count). The zero-order chi connectivity index (χ0) is 6.24. The summed E-state index contributed by atoms with van der Waals surface area (Å²) in [4.78, 5) is 0. The standard InChI is InChI=1S/C6H14NO/c1-2-5-8-6-3-4-7/h4H,2-3,5-7H2,1H3. The molecule has 2 heteroatoms. The first kappa shape index (κ1) is 7.92. The fourth-order valence-electron chi connectivity index (χ4n) is 0.398. The minimum absolute atomic E-state index is 0.768. The third-order valence-corrected chi connectivity index (χ3v) is 0.777. The lowest BCUT2D eigenvalue weighted by molar-refractivity contribution is 0.137. The Balaban J connectivity index is 2.53. The SMILES string of the molecule is CCCOCC[CH]N. The summed E-state index contributed by atoms with van der Waals surface area (Å²) in [5.74, 6) is 0. The van der Waals surface area contributed by atoms with E-state index in [9.17, 15) is 0 Å². The highest BCUT2D eigenvalue weighted by Gasteiger charge is 1.82. The Morgan fingerprint density at radius 3 is 2.75 bits per heavy atom. The average Bonchev–Trinajstić information content (AvgIpc) is 1.81. The predicted molar refractivity (Wildman–Crippen MR) is 34.2 cm³/mol. The van der Waals surface area contributed by atoms with Crippen LogP contribution in [0.3, 0.4) is 0 Å². The van der Waals surface area contributed by atoms with Crippen LogP contribution >= 0.6 is 0 Å². The Morgan fingerprint density at radius 1 is 1.50 bits per heavy atom. The first-order chi connectivity index (χ1) is 3.91. The van der Waals surface area contributed by atoms with E-state index in [-0.39, 0.29) is 0 Å². The minimum Gasteiger partial charge on any atom is -0.381 e. The molecule has 0 heterocycles. The van der Waals surface area contributed by atoms with Crippen molar-refractivity contribution in [2.45, 2.75) is 19.8 Å². The molecule has 2 nitrogen and oxygen atoms in total. The molecule has 2 N–H and O–H groups in total. The second kappa shape index (κ2) is 6.92. The van der Waals surface area contributed by atoms with Gasteiger partial charge in [0.25, 0.3) is 0 Å². The molecule has 0 aliphatic carbocycles. The van der Waals surface area contributed by atoms with Gasteiger partial charge in [0.2, 0.25) is 0 Å². The zero-order valence-electron chi connectivity index (χ0n) is 5.39. The van der Waals surface area contributed by atoms with Crippen LogP contribution in [0.5, 0.6) is 0 Å². The Hall–Kier alpha value is -0.0800. The molecule has 0 aromatic heterocycles. The van der Waals surface area contributed by atoms with Gasteiger partial charge in [-0.15, -0.1) is 0 Å². The van der Waals surface area contributed by atoms with Crippen molar-refractivity contribution < 1.29 is 4.74 Å². The van der Waals surface area contributed by atoms with Gasteiger partial charge >= 0.3 is 0 Å². The molecular formula is C6H14NO. The first-order valence-corrected chi connectivity index (χ1v) is 3.03. The van der Waals surface area contributed by atoms with Crippen molar-refractivity contribution in [1.82, 2.24) is 0 Å². The van der Waals surface area contributed by atoms with Crippen LogP contribution in [-0.4, -0.2) is 13.2 Å². The summed E-state index contributed by atoms with van der Waals surface area (Å²) in [6.07, 6.45) is 1.95. The molecule has 1 radical (unpaired) electrons. The number of ether oxygens (including phenoxy) is 1. The van der Waals surface area contributed by atoms with Crippen LogP contribution in [0.1, 0.15) is 19.8 Å². The second-order valence-corrected chi connectivity index (χ2v) is 1.64. The number of hydrogen-bond donors (Lipinski definition) is 1. The van der Waals surface area contributed by atoms with E-state index < -0.39 is 0 Å². The smallest absolute Gasteiger partial charge is 0.0481 e. The highest BCUT2D eigenvalue weighted by Crippen LogP contribution is 1.83. The van der Waals surface area contributed by atoms with Crippen molar-refractivity contribution in [3.63, 3.8) is 0 Å². The Labute approximate surface area is 51.0 Å². The van der Waals surface area contributed by atoms with Gasteiger partial charge in [-0.25, -0.2) is 0 Å².